The van der Waals surface area contributed by atoms with Gasteiger partial charge >= 0.3 is 0 Å². The molecule has 0 bridgehead atoms. The Labute approximate surface area is 132 Å². The van der Waals surface area contributed by atoms with Crippen molar-refractivity contribution in [3.63, 3.8) is 0 Å². The van der Waals surface area contributed by atoms with Crippen molar-refractivity contribution in [2.24, 2.45) is 0 Å². The maximum absolute atomic E-state index is 6.12. The Morgan fingerprint density at radius 3 is 2.33 bits per heavy atom. The summed E-state index contributed by atoms with van der Waals surface area (Å²) in [6.07, 6.45) is 0. The minimum atomic E-state index is 0.338. The second-order valence-electron chi connectivity index (χ2n) is 4.80. The molecular formula is C16H12Cl2N2O. The minimum absolute atomic E-state index is 0.338. The van der Waals surface area contributed by atoms with Gasteiger partial charge in [-0.2, -0.15) is 0 Å². The second-order valence-corrected chi connectivity index (χ2v) is 5.67. The average molecular weight is 319 g/mol. The van der Waals surface area contributed by atoms with Crippen LogP contribution in [0.5, 0.6) is 0 Å². The van der Waals surface area contributed by atoms with E-state index in [1.165, 1.54) is 0 Å². The molecule has 0 radical (unpaired) electrons. The third kappa shape index (κ3) is 2.75. The monoisotopic (exact) mass is 318 g/mol. The van der Waals surface area contributed by atoms with Crippen molar-refractivity contribution < 1.29 is 4.52 Å². The molecular weight excluding hydrogens is 307 g/mol. The summed E-state index contributed by atoms with van der Waals surface area (Å²) in [7, 11) is 0. The normalized spacial score (nSPS) is 10.8. The van der Waals surface area contributed by atoms with E-state index >= 15 is 0 Å². The molecule has 3 rings (SSSR count). The Morgan fingerprint density at radius 2 is 1.67 bits per heavy atom. The topological polar surface area (TPSA) is 52.0 Å². The largest absolute Gasteiger partial charge is 0.380 e. The van der Waals surface area contributed by atoms with Crippen LogP contribution >= 0.6 is 23.2 Å². The zero-order valence-electron chi connectivity index (χ0n) is 11.2. The maximum Gasteiger partial charge on any atom is 0.176 e. The SMILES string of the molecule is Cc1cc(Cl)cc(-c2onc(N)c2-c2ccc(Cl)cc2)c1. The van der Waals surface area contributed by atoms with Crippen molar-refractivity contribution in [2.75, 3.05) is 5.73 Å². The fourth-order valence-corrected chi connectivity index (χ4v) is 2.68. The Morgan fingerprint density at radius 1 is 0.952 bits per heavy atom. The van der Waals surface area contributed by atoms with Crippen LogP contribution in [-0.4, -0.2) is 5.16 Å². The van der Waals surface area contributed by atoms with Crippen LogP contribution in [0.2, 0.25) is 10.0 Å². The lowest BCUT2D eigenvalue weighted by molar-refractivity contribution is 0.436. The third-order valence-electron chi connectivity index (χ3n) is 3.16. The van der Waals surface area contributed by atoms with Gasteiger partial charge in [0.2, 0.25) is 0 Å². The van der Waals surface area contributed by atoms with Gasteiger partial charge in [-0.05, 0) is 48.4 Å². The summed E-state index contributed by atoms with van der Waals surface area (Å²) in [4.78, 5) is 0. The van der Waals surface area contributed by atoms with E-state index in [1.54, 1.807) is 12.1 Å². The molecule has 2 N–H and O–H groups in total. The van der Waals surface area contributed by atoms with E-state index in [0.717, 1.165) is 22.3 Å². The highest BCUT2D eigenvalue weighted by Gasteiger charge is 2.18. The van der Waals surface area contributed by atoms with Crippen molar-refractivity contribution in [3.05, 3.63) is 58.1 Å². The first-order valence-corrected chi connectivity index (χ1v) is 7.09. The number of halogens is 2. The van der Waals surface area contributed by atoms with Crippen LogP contribution in [0, 0.1) is 6.92 Å². The predicted molar refractivity (Wildman–Crippen MR) is 86.5 cm³/mol. The molecule has 106 valence electrons. The molecule has 3 aromatic rings. The summed E-state index contributed by atoms with van der Waals surface area (Å²) in [5.74, 6) is 0.936. The first-order valence-electron chi connectivity index (χ1n) is 6.33. The molecule has 0 saturated carbocycles. The van der Waals surface area contributed by atoms with Crippen molar-refractivity contribution in [1.29, 1.82) is 0 Å². The maximum atomic E-state index is 6.12. The van der Waals surface area contributed by atoms with Crippen molar-refractivity contribution in [2.45, 2.75) is 6.92 Å². The smallest absolute Gasteiger partial charge is 0.176 e. The Kier molecular flexibility index (Phi) is 3.62. The van der Waals surface area contributed by atoms with E-state index in [0.29, 0.717) is 21.6 Å². The molecule has 0 atom stereocenters. The summed E-state index contributed by atoms with van der Waals surface area (Å²) < 4.78 is 5.41. The summed E-state index contributed by atoms with van der Waals surface area (Å²) in [6, 6.07) is 13.1. The number of hydrogen-bond acceptors (Lipinski definition) is 3. The molecule has 0 aliphatic heterocycles. The highest BCUT2D eigenvalue weighted by Crippen LogP contribution is 2.38. The summed E-state index contributed by atoms with van der Waals surface area (Å²) in [6.45, 7) is 1.97. The molecule has 0 fully saturated rings. The molecule has 1 heterocycles. The first-order chi connectivity index (χ1) is 10.0. The van der Waals surface area contributed by atoms with Crippen molar-refractivity contribution in [3.8, 4) is 22.5 Å². The van der Waals surface area contributed by atoms with E-state index in [1.807, 2.05) is 37.3 Å². The van der Waals surface area contributed by atoms with E-state index in [2.05, 4.69) is 5.16 Å². The Bertz CT molecular complexity index is 774. The van der Waals surface area contributed by atoms with E-state index in [-0.39, 0.29) is 0 Å². The number of hydrogen-bond donors (Lipinski definition) is 1. The predicted octanol–water partition coefficient (Wildman–Crippen LogP) is 5.21. The van der Waals surface area contributed by atoms with Gasteiger partial charge in [-0.15, -0.1) is 0 Å². The standard InChI is InChI=1S/C16H12Cl2N2O/c1-9-6-11(8-13(18)7-9)15-14(16(19)20-21-15)10-2-4-12(17)5-3-10/h2-8H,1H3,(H2,19,20). The highest BCUT2D eigenvalue weighted by atomic mass is 35.5. The number of rotatable bonds is 2. The van der Waals surface area contributed by atoms with Gasteiger partial charge in [0.25, 0.3) is 0 Å². The summed E-state index contributed by atoms with van der Waals surface area (Å²) in [5, 5.41) is 5.18. The fraction of sp³-hybridized carbons (Fsp3) is 0.0625. The fourth-order valence-electron chi connectivity index (χ4n) is 2.26. The molecule has 5 heteroatoms. The molecule has 0 aliphatic carbocycles. The Balaban J connectivity index is 2.19. The number of anilines is 1. The van der Waals surface area contributed by atoms with Gasteiger partial charge in [-0.3, -0.25) is 0 Å². The van der Waals surface area contributed by atoms with Gasteiger partial charge in [-0.1, -0.05) is 40.5 Å². The van der Waals surface area contributed by atoms with Gasteiger partial charge in [0, 0.05) is 15.6 Å². The number of aromatic nitrogens is 1. The van der Waals surface area contributed by atoms with Gasteiger partial charge in [0.05, 0.1) is 5.56 Å². The molecule has 0 aliphatic rings. The van der Waals surface area contributed by atoms with Crippen LogP contribution in [0.3, 0.4) is 0 Å². The molecule has 0 unspecified atom stereocenters. The lowest BCUT2D eigenvalue weighted by Crippen LogP contribution is -1.89. The van der Waals surface area contributed by atoms with Gasteiger partial charge in [0.1, 0.15) is 0 Å². The van der Waals surface area contributed by atoms with Crippen LogP contribution in [0.4, 0.5) is 5.82 Å². The number of nitrogen functional groups attached to an aromatic ring is 1. The second kappa shape index (κ2) is 5.43. The first kappa shape index (κ1) is 14.0. The van der Waals surface area contributed by atoms with E-state index < -0.39 is 0 Å². The lowest BCUT2D eigenvalue weighted by atomic mass is 10.0. The molecule has 3 nitrogen and oxygen atoms in total. The zero-order chi connectivity index (χ0) is 15.0. The molecule has 21 heavy (non-hydrogen) atoms. The van der Waals surface area contributed by atoms with Crippen LogP contribution in [0.1, 0.15) is 5.56 Å². The molecule has 0 spiro atoms. The van der Waals surface area contributed by atoms with Crippen molar-refractivity contribution >= 4 is 29.0 Å². The van der Waals surface area contributed by atoms with Gasteiger partial charge in [-0.25, -0.2) is 0 Å². The molecule has 2 aromatic carbocycles. The highest BCUT2D eigenvalue weighted by molar-refractivity contribution is 6.31. The Hall–Kier alpha value is -1.97. The van der Waals surface area contributed by atoms with Crippen LogP contribution < -0.4 is 5.73 Å². The minimum Gasteiger partial charge on any atom is -0.380 e. The number of benzene rings is 2. The van der Waals surface area contributed by atoms with Gasteiger partial charge in [0.15, 0.2) is 11.6 Å². The van der Waals surface area contributed by atoms with Crippen LogP contribution in [0.15, 0.2) is 47.0 Å². The molecule has 0 saturated heterocycles. The number of nitrogens with two attached hydrogens (primary N) is 1. The van der Waals surface area contributed by atoms with Crippen LogP contribution in [-0.2, 0) is 0 Å². The summed E-state index contributed by atoms with van der Waals surface area (Å²) >= 11 is 12.0. The molecule has 0 amide bonds. The summed E-state index contributed by atoms with van der Waals surface area (Å²) in [5.41, 5.74) is 9.47. The third-order valence-corrected chi connectivity index (χ3v) is 3.63. The average Bonchev–Trinajstić information content (AvgIpc) is 2.80. The van der Waals surface area contributed by atoms with E-state index in [9.17, 15) is 0 Å². The number of nitrogens with zero attached hydrogens (tertiary/aromatic N) is 1. The van der Waals surface area contributed by atoms with Gasteiger partial charge < -0.3 is 10.3 Å². The molecule has 1 aromatic heterocycles. The van der Waals surface area contributed by atoms with E-state index in [4.69, 9.17) is 33.5 Å². The zero-order valence-corrected chi connectivity index (χ0v) is 12.7. The quantitative estimate of drug-likeness (QED) is 0.706. The van der Waals surface area contributed by atoms with Crippen molar-refractivity contribution in [1.82, 2.24) is 5.16 Å². The lowest BCUT2D eigenvalue weighted by Gasteiger charge is -2.05. The van der Waals surface area contributed by atoms with Crippen LogP contribution in [0.25, 0.3) is 22.5 Å². The number of aryl methyl sites for hydroxylation is 1.